The Labute approximate surface area is 182 Å². The van der Waals surface area contributed by atoms with Gasteiger partial charge in [-0.1, -0.05) is 43.0 Å². The summed E-state index contributed by atoms with van der Waals surface area (Å²) in [5.41, 5.74) is 2.46. The number of nitrogens with zero attached hydrogens (tertiary/aromatic N) is 3. The van der Waals surface area contributed by atoms with Crippen LogP contribution in [0.3, 0.4) is 0 Å². The van der Waals surface area contributed by atoms with Crippen LogP contribution in [0.5, 0.6) is 0 Å². The van der Waals surface area contributed by atoms with Crippen LogP contribution in [0.15, 0.2) is 47.5 Å². The van der Waals surface area contributed by atoms with Crippen molar-refractivity contribution in [2.45, 2.75) is 49.8 Å². The molecule has 0 N–H and O–H groups in total. The highest BCUT2D eigenvalue weighted by molar-refractivity contribution is 7.98. The predicted octanol–water partition coefficient (Wildman–Crippen LogP) is 6.63. The van der Waals surface area contributed by atoms with Crippen LogP contribution in [-0.2, 0) is 31.3 Å². The lowest BCUT2D eigenvalue weighted by Crippen LogP contribution is -2.10. The number of thiophene rings is 1. The van der Waals surface area contributed by atoms with Gasteiger partial charge in [0.15, 0.2) is 11.0 Å². The van der Waals surface area contributed by atoms with E-state index in [4.69, 9.17) is 0 Å². The molecule has 1 aromatic carbocycles. The lowest BCUT2D eigenvalue weighted by atomic mass is 9.88. The summed E-state index contributed by atoms with van der Waals surface area (Å²) in [6.07, 6.45) is 0.771. The van der Waals surface area contributed by atoms with E-state index in [1.807, 2.05) is 4.57 Å². The van der Waals surface area contributed by atoms with Crippen LogP contribution in [0, 0.1) is 5.92 Å². The summed E-state index contributed by atoms with van der Waals surface area (Å²) >= 11 is 3.17. The van der Waals surface area contributed by atoms with Gasteiger partial charge in [-0.25, -0.2) is 0 Å². The van der Waals surface area contributed by atoms with Crippen molar-refractivity contribution in [2.75, 3.05) is 0 Å². The van der Waals surface area contributed by atoms with Gasteiger partial charge in [0.2, 0.25) is 0 Å². The molecule has 0 bridgehead atoms. The van der Waals surface area contributed by atoms with E-state index in [9.17, 15) is 13.2 Å². The molecule has 8 heteroatoms. The maximum atomic E-state index is 13.0. The molecule has 0 aliphatic heterocycles. The molecule has 0 saturated carbocycles. The second-order valence-electron chi connectivity index (χ2n) is 7.59. The minimum Gasteiger partial charge on any atom is -0.298 e. The minimum atomic E-state index is -4.34. The van der Waals surface area contributed by atoms with Crippen LogP contribution in [0.25, 0.3) is 11.4 Å². The number of aromatic nitrogens is 3. The van der Waals surface area contributed by atoms with Crippen molar-refractivity contribution >= 4 is 23.1 Å². The number of alkyl halides is 3. The van der Waals surface area contributed by atoms with Crippen molar-refractivity contribution in [3.63, 3.8) is 0 Å². The highest BCUT2D eigenvalue weighted by Crippen LogP contribution is 2.38. The van der Waals surface area contributed by atoms with E-state index in [0.717, 1.165) is 30.3 Å². The molecule has 1 atom stereocenters. The number of rotatable bonds is 6. The monoisotopic (exact) mass is 449 g/mol. The average molecular weight is 450 g/mol. The van der Waals surface area contributed by atoms with Crippen LogP contribution in [0.2, 0.25) is 0 Å². The van der Waals surface area contributed by atoms with E-state index in [1.54, 1.807) is 23.5 Å². The zero-order valence-electron chi connectivity index (χ0n) is 16.6. The standard InChI is InChI=1S/C22H22F3N3S2/c1-3-9-28-20(18-13-29-19-10-14(2)7-8-17(18)19)26-27-21(28)30-12-15-5-4-6-16(11-15)22(23,24)25/h3-6,11,13-14H,1,7-10,12H2,2H3. The molecule has 2 aromatic heterocycles. The first-order chi connectivity index (χ1) is 14.4. The Morgan fingerprint density at radius 3 is 2.93 bits per heavy atom. The SMILES string of the molecule is C=CCn1c(SCc2cccc(C(F)(F)F)c2)nnc1-c1csc2c1CCC(C)C2. The molecule has 0 saturated heterocycles. The number of hydrogen-bond donors (Lipinski definition) is 0. The van der Waals surface area contributed by atoms with Crippen LogP contribution in [0.4, 0.5) is 13.2 Å². The predicted molar refractivity (Wildman–Crippen MR) is 116 cm³/mol. The fourth-order valence-electron chi connectivity index (χ4n) is 3.74. The first kappa shape index (κ1) is 21.2. The highest BCUT2D eigenvalue weighted by Gasteiger charge is 2.30. The van der Waals surface area contributed by atoms with E-state index in [0.29, 0.717) is 28.9 Å². The summed E-state index contributed by atoms with van der Waals surface area (Å²) in [6, 6.07) is 5.43. The summed E-state index contributed by atoms with van der Waals surface area (Å²) in [4.78, 5) is 1.43. The van der Waals surface area contributed by atoms with Crippen molar-refractivity contribution in [2.24, 2.45) is 5.92 Å². The van der Waals surface area contributed by atoms with Gasteiger partial charge < -0.3 is 0 Å². The normalized spacial score (nSPS) is 16.5. The summed E-state index contributed by atoms with van der Waals surface area (Å²) in [5, 5.41) is 11.6. The summed E-state index contributed by atoms with van der Waals surface area (Å²) in [5.74, 6) is 1.90. The quantitative estimate of drug-likeness (QED) is 0.313. The molecule has 30 heavy (non-hydrogen) atoms. The Morgan fingerprint density at radius 2 is 2.17 bits per heavy atom. The number of thioether (sulfide) groups is 1. The smallest absolute Gasteiger partial charge is 0.298 e. The zero-order valence-corrected chi connectivity index (χ0v) is 18.2. The third kappa shape index (κ3) is 4.34. The number of halogens is 3. The summed E-state index contributed by atoms with van der Waals surface area (Å²) < 4.78 is 40.9. The van der Waals surface area contributed by atoms with Gasteiger partial charge in [-0.05, 0) is 42.4 Å². The maximum absolute atomic E-state index is 13.0. The second-order valence-corrected chi connectivity index (χ2v) is 9.50. The zero-order chi connectivity index (χ0) is 21.3. The van der Waals surface area contributed by atoms with Gasteiger partial charge in [0.1, 0.15) is 0 Å². The fraction of sp³-hybridized carbons (Fsp3) is 0.364. The topological polar surface area (TPSA) is 30.7 Å². The van der Waals surface area contributed by atoms with Gasteiger partial charge in [-0.2, -0.15) is 13.2 Å². The molecule has 2 heterocycles. The lowest BCUT2D eigenvalue weighted by Gasteiger charge is -2.19. The number of benzene rings is 1. The third-order valence-corrected chi connectivity index (χ3v) is 7.38. The Balaban J connectivity index is 1.59. The largest absolute Gasteiger partial charge is 0.416 e. The summed E-state index contributed by atoms with van der Waals surface area (Å²) in [7, 11) is 0. The van der Waals surface area contributed by atoms with E-state index < -0.39 is 11.7 Å². The molecule has 0 radical (unpaired) electrons. The second kappa shape index (κ2) is 8.59. The highest BCUT2D eigenvalue weighted by atomic mass is 32.2. The van der Waals surface area contributed by atoms with Crippen molar-refractivity contribution in [3.8, 4) is 11.4 Å². The Hall–Kier alpha value is -2.06. The van der Waals surface area contributed by atoms with E-state index in [-0.39, 0.29) is 0 Å². The van der Waals surface area contributed by atoms with Crippen molar-refractivity contribution in [1.82, 2.24) is 14.8 Å². The molecule has 4 rings (SSSR count). The Bertz CT molecular complexity index is 1050. The lowest BCUT2D eigenvalue weighted by molar-refractivity contribution is -0.137. The summed E-state index contributed by atoms with van der Waals surface area (Å²) in [6.45, 7) is 6.68. The van der Waals surface area contributed by atoms with Crippen molar-refractivity contribution in [3.05, 3.63) is 63.9 Å². The van der Waals surface area contributed by atoms with Crippen molar-refractivity contribution in [1.29, 1.82) is 0 Å². The van der Waals surface area contributed by atoms with Crippen LogP contribution < -0.4 is 0 Å². The van der Waals surface area contributed by atoms with Gasteiger partial charge in [0.05, 0.1) is 5.56 Å². The molecule has 1 aliphatic rings. The number of hydrogen-bond acceptors (Lipinski definition) is 4. The average Bonchev–Trinajstić information content (AvgIpc) is 3.29. The first-order valence-electron chi connectivity index (χ1n) is 9.79. The van der Waals surface area contributed by atoms with Gasteiger partial charge in [-0.3, -0.25) is 4.57 Å². The molecule has 0 amide bonds. The van der Waals surface area contributed by atoms with Gasteiger partial charge >= 0.3 is 6.18 Å². The van der Waals surface area contributed by atoms with Gasteiger partial charge in [0, 0.05) is 28.1 Å². The molecular weight excluding hydrogens is 427 g/mol. The third-order valence-electron chi connectivity index (χ3n) is 5.29. The Morgan fingerprint density at radius 1 is 1.33 bits per heavy atom. The molecule has 158 valence electrons. The fourth-order valence-corrected chi connectivity index (χ4v) is 5.87. The molecule has 1 unspecified atom stereocenters. The van der Waals surface area contributed by atoms with E-state index in [2.05, 4.69) is 29.1 Å². The number of fused-ring (bicyclic) bond motifs is 1. The molecule has 3 aromatic rings. The Kier molecular flexibility index (Phi) is 6.06. The maximum Gasteiger partial charge on any atom is 0.416 e. The molecule has 3 nitrogen and oxygen atoms in total. The van der Waals surface area contributed by atoms with E-state index >= 15 is 0 Å². The molecular formula is C22H22F3N3S2. The molecule has 0 spiro atoms. The first-order valence-corrected chi connectivity index (χ1v) is 11.7. The molecule has 0 fully saturated rings. The van der Waals surface area contributed by atoms with Crippen LogP contribution in [-0.4, -0.2) is 14.8 Å². The van der Waals surface area contributed by atoms with Crippen LogP contribution >= 0.6 is 23.1 Å². The number of allylic oxidation sites excluding steroid dienone is 1. The van der Waals surface area contributed by atoms with Gasteiger partial charge in [0.25, 0.3) is 0 Å². The van der Waals surface area contributed by atoms with Gasteiger partial charge in [-0.15, -0.1) is 28.1 Å². The molecule has 1 aliphatic carbocycles. The minimum absolute atomic E-state index is 0.387. The van der Waals surface area contributed by atoms with E-state index in [1.165, 1.54) is 40.8 Å². The van der Waals surface area contributed by atoms with Crippen LogP contribution in [0.1, 0.15) is 34.9 Å². The van der Waals surface area contributed by atoms with Crippen molar-refractivity contribution < 1.29 is 13.2 Å².